The molecule has 1 saturated heterocycles. The van der Waals surface area contributed by atoms with Crippen LogP contribution in [0.4, 0.5) is 4.79 Å². The van der Waals surface area contributed by atoms with Crippen molar-refractivity contribution in [1.29, 1.82) is 0 Å². The molecule has 1 amide bonds. The summed E-state index contributed by atoms with van der Waals surface area (Å²) < 4.78 is 11.9. The Hall–Kier alpha value is -3.45. The van der Waals surface area contributed by atoms with E-state index in [-0.39, 0.29) is 39.2 Å². The number of hydrogen-bond donors (Lipinski definition) is 0. The molecule has 7 rings (SSSR count). The van der Waals surface area contributed by atoms with E-state index in [1.54, 1.807) is 11.0 Å². The fraction of sp³-hybridized carbons (Fsp3) is 0.605. The third-order valence-electron chi connectivity index (χ3n) is 14.8. The number of fused-ring (bicyclic) bond motifs is 7. The van der Waals surface area contributed by atoms with Crippen LogP contribution < -0.4 is 0 Å². The highest BCUT2D eigenvalue weighted by Gasteiger charge is 2.67. The van der Waals surface area contributed by atoms with Crippen LogP contribution in [0, 0.1) is 33.0 Å². The van der Waals surface area contributed by atoms with Gasteiger partial charge in [-0.1, -0.05) is 82.7 Å². The third-order valence-corrected chi connectivity index (χ3v) is 14.8. The van der Waals surface area contributed by atoms with Crippen molar-refractivity contribution >= 4 is 17.8 Å². The summed E-state index contributed by atoms with van der Waals surface area (Å²) in [6, 6.07) is 9.96. The van der Waals surface area contributed by atoms with E-state index in [1.165, 1.54) is 5.57 Å². The first-order chi connectivity index (χ1) is 23.7. The second-order valence-electron chi connectivity index (χ2n) is 17.4. The van der Waals surface area contributed by atoms with Crippen molar-refractivity contribution in [2.75, 3.05) is 32.7 Å². The molecule has 268 valence electrons. The van der Waals surface area contributed by atoms with Crippen molar-refractivity contribution in [3.05, 3.63) is 82.2 Å². The van der Waals surface area contributed by atoms with Crippen LogP contribution in [0.15, 0.2) is 76.6 Å². The molecule has 4 fully saturated rings. The summed E-state index contributed by atoms with van der Waals surface area (Å²) in [6.45, 7) is 20.1. The Morgan fingerprint density at radius 2 is 1.58 bits per heavy atom. The average molecular weight is 681 g/mol. The van der Waals surface area contributed by atoms with E-state index in [4.69, 9.17) is 9.47 Å². The summed E-state index contributed by atoms with van der Waals surface area (Å²) in [5.41, 5.74) is 4.45. The van der Waals surface area contributed by atoms with Crippen molar-refractivity contribution in [2.45, 2.75) is 100 Å². The van der Waals surface area contributed by atoms with E-state index in [0.29, 0.717) is 25.6 Å². The molecule has 3 saturated carbocycles. The quantitative estimate of drug-likeness (QED) is 0.290. The average Bonchev–Trinajstić information content (AvgIpc) is 3.11. The number of carbonyl (C=O) groups excluding carboxylic acids is 3. The highest BCUT2D eigenvalue weighted by Crippen LogP contribution is 2.75. The highest BCUT2D eigenvalue weighted by molar-refractivity contribution is 6.08. The molecular weight excluding hydrogens is 624 g/mol. The predicted octanol–water partition coefficient (Wildman–Crippen LogP) is 8.57. The Morgan fingerprint density at radius 3 is 2.28 bits per heavy atom. The van der Waals surface area contributed by atoms with E-state index in [0.717, 1.165) is 86.9 Å². The number of allylic oxidation sites excluding steroid dienone is 7. The number of esters is 1. The zero-order valence-electron chi connectivity index (χ0n) is 31.3. The summed E-state index contributed by atoms with van der Waals surface area (Å²) >= 11 is 0. The number of likely N-dealkylation sites (N-methyl/N-ethyl adjacent to an activating group) is 1. The van der Waals surface area contributed by atoms with Gasteiger partial charge in [-0.15, -0.1) is 0 Å². The lowest BCUT2D eigenvalue weighted by molar-refractivity contribution is -0.183. The Kier molecular flexibility index (Phi) is 8.64. The van der Waals surface area contributed by atoms with Crippen LogP contribution in [-0.4, -0.2) is 60.4 Å². The summed E-state index contributed by atoms with van der Waals surface area (Å²) in [6.07, 6.45) is 12.7. The van der Waals surface area contributed by atoms with Crippen LogP contribution >= 0.6 is 0 Å². The minimum Gasteiger partial charge on any atom is -0.460 e. The van der Waals surface area contributed by atoms with E-state index >= 15 is 0 Å². The SMILES string of the molecule is CCN1CCN(C(=O)OC2=C(C)C3=CC=C4[C@@](C)(CC[C@@]5(C)[C@@H]6C[C@](C)(C(=O)OCc7ccccc7)CC[C@]6(C)CC[C@]45C)C3=CC2=O)CC1. The Bertz CT molecular complexity index is 1710. The number of hydrogen-bond acceptors (Lipinski definition) is 6. The van der Waals surface area contributed by atoms with E-state index in [2.05, 4.69) is 58.6 Å². The number of amides is 1. The van der Waals surface area contributed by atoms with Gasteiger partial charge in [-0.2, -0.15) is 0 Å². The number of benzene rings is 1. The lowest BCUT2D eigenvalue weighted by atomic mass is 9.34. The van der Waals surface area contributed by atoms with Crippen molar-refractivity contribution in [2.24, 2.45) is 33.0 Å². The van der Waals surface area contributed by atoms with Gasteiger partial charge in [-0.25, -0.2) is 4.79 Å². The first kappa shape index (κ1) is 35.0. The molecule has 6 aliphatic rings. The molecule has 0 unspecified atom stereocenters. The Morgan fingerprint density at radius 1 is 0.880 bits per heavy atom. The number of ether oxygens (including phenoxy) is 2. The molecule has 0 spiro atoms. The number of ketones is 1. The number of rotatable bonds is 5. The van der Waals surface area contributed by atoms with Crippen LogP contribution in [0.1, 0.15) is 99.0 Å². The van der Waals surface area contributed by atoms with Crippen molar-refractivity contribution in [3.8, 4) is 0 Å². The Balaban J connectivity index is 1.16. The first-order valence-corrected chi connectivity index (χ1v) is 19.0. The zero-order valence-corrected chi connectivity index (χ0v) is 31.3. The van der Waals surface area contributed by atoms with Gasteiger partial charge in [0, 0.05) is 37.2 Å². The molecule has 5 aliphatic carbocycles. The van der Waals surface area contributed by atoms with Crippen molar-refractivity contribution in [1.82, 2.24) is 9.80 Å². The molecule has 1 heterocycles. The molecule has 7 nitrogen and oxygen atoms in total. The van der Waals surface area contributed by atoms with Crippen LogP contribution in [0.5, 0.6) is 0 Å². The summed E-state index contributed by atoms with van der Waals surface area (Å²) in [4.78, 5) is 44.8. The van der Waals surface area contributed by atoms with Crippen molar-refractivity contribution in [3.63, 3.8) is 0 Å². The second-order valence-corrected chi connectivity index (χ2v) is 17.4. The molecule has 6 atom stereocenters. The number of piperazine rings is 1. The molecule has 1 aliphatic heterocycles. The Labute approximate surface area is 298 Å². The molecule has 7 heteroatoms. The van der Waals surface area contributed by atoms with Crippen molar-refractivity contribution < 1.29 is 23.9 Å². The summed E-state index contributed by atoms with van der Waals surface area (Å²) in [5, 5.41) is 0. The smallest absolute Gasteiger partial charge is 0.415 e. The largest absolute Gasteiger partial charge is 0.460 e. The standard InChI is InChI=1S/C43H56N2O5/c1-8-44-22-24-45(25-23-44)38(48)50-36-29(2)31-14-15-34-41(5,32(31)26-33(36)46)19-21-43(7)35-27-40(4,17-16-39(35,3)18-20-42(34,43)6)37(47)49-28-30-12-10-9-11-13-30/h9-15,26,35H,8,16-25,27-28H2,1-7H3/t35-,39-,40-,41+,42-,43+/m1/s1. The number of carbonyl (C=O) groups is 3. The minimum absolute atomic E-state index is 0.0231. The van der Waals surface area contributed by atoms with Gasteiger partial charge in [0.25, 0.3) is 0 Å². The molecule has 50 heavy (non-hydrogen) atoms. The van der Waals surface area contributed by atoms with Gasteiger partial charge in [0.15, 0.2) is 5.76 Å². The van der Waals surface area contributed by atoms with Gasteiger partial charge in [0.05, 0.1) is 5.41 Å². The van der Waals surface area contributed by atoms with Gasteiger partial charge >= 0.3 is 12.1 Å². The summed E-state index contributed by atoms with van der Waals surface area (Å²) in [7, 11) is 0. The molecule has 0 N–H and O–H groups in total. The normalized spacial score (nSPS) is 36.9. The van der Waals surface area contributed by atoms with E-state index in [1.807, 2.05) is 37.3 Å². The summed E-state index contributed by atoms with van der Waals surface area (Å²) in [5.74, 6) is 0.229. The third kappa shape index (κ3) is 5.36. The fourth-order valence-electron chi connectivity index (χ4n) is 11.1. The molecular formula is C43H56N2O5. The van der Waals surface area contributed by atoms with Crippen LogP contribution in [0.25, 0.3) is 0 Å². The maximum atomic E-state index is 13.8. The van der Waals surface area contributed by atoms with E-state index < -0.39 is 11.5 Å². The maximum Gasteiger partial charge on any atom is 0.415 e. The molecule has 1 aromatic rings. The fourth-order valence-corrected chi connectivity index (χ4v) is 11.1. The number of nitrogens with zero attached hydrogens (tertiary/aromatic N) is 2. The first-order valence-electron chi connectivity index (χ1n) is 19.0. The van der Waals surface area contributed by atoms with Gasteiger partial charge in [-0.05, 0) is 110 Å². The van der Waals surface area contributed by atoms with Gasteiger partial charge in [0.2, 0.25) is 5.78 Å². The van der Waals surface area contributed by atoms with Crippen LogP contribution in [-0.2, 0) is 25.7 Å². The minimum atomic E-state index is -0.521. The van der Waals surface area contributed by atoms with Gasteiger partial charge < -0.3 is 19.3 Å². The van der Waals surface area contributed by atoms with Gasteiger partial charge in [-0.3, -0.25) is 9.59 Å². The topological polar surface area (TPSA) is 76.2 Å². The van der Waals surface area contributed by atoms with Crippen LogP contribution in [0.3, 0.4) is 0 Å². The van der Waals surface area contributed by atoms with E-state index in [9.17, 15) is 14.4 Å². The molecule has 0 bridgehead atoms. The molecule has 0 radical (unpaired) electrons. The second kappa shape index (κ2) is 12.4. The van der Waals surface area contributed by atoms with Gasteiger partial charge in [0.1, 0.15) is 6.61 Å². The predicted molar refractivity (Wildman–Crippen MR) is 195 cm³/mol. The molecule has 0 aromatic heterocycles. The lowest BCUT2D eigenvalue weighted by Gasteiger charge is -2.70. The maximum absolute atomic E-state index is 13.8. The zero-order chi connectivity index (χ0) is 35.7. The highest BCUT2D eigenvalue weighted by atomic mass is 16.6. The molecule has 1 aromatic carbocycles. The lowest BCUT2D eigenvalue weighted by Crippen LogP contribution is -2.62. The monoisotopic (exact) mass is 680 g/mol. The van der Waals surface area contributed by atoms with Crippen LogP contribution in [0.2, 0.25) is 0 Å².